The first-order chi connectivity index (χ1) is 16.5. The van der Waals surface area contributed by atoms with Crippen molar-refractivity contribution >= 4 is 12.0 Å². The van der Waals surface area contributed by atoms with Gasteiger partial charge in [-0.15, -0.1) is 0 Å². The SMILES string of the molecule is CC1Cc2cc(-c3cccnc3)ccc2C(c2c(F)cc(/C=C/C(=O)O)cc2F)N1CC(C)(C)F. The van der Waals surface area contributed by atoms with E-state index in [2.05, 4.69) is 4.98 Å². The maximum atomic E-state index is 15.4. The van der Waals surface area contributed by atoms with Crippen LogP contribution >= 0.6 is 0 Å². The normalized spacial score (nSPS) is 18.6. The number of aromatic nitrogens is 1. The zero-order chi connectivity index (χ0) is 25.3. The van der Waals surface area contributed by atoms with Crippen molar-refractivity contribution < 1.29 is 23.1 Å². The fourth-order valence-corrected chi connectivity index (χ4v) is 4.76. The molecule has 7 heteroatoms. The van der Waals surface area contributed by atoms with E-state index in [4.69, 9.17) is 5.11 Å². The molecular formula is C28H27F3N2O2. The van der Waals surface area contributed by atoms with Crippen molar-refractivity contribution in [1.82, 2.24) is 9.88 Å². The second-order valence-electron chi connectivity index (χ2n) is 9.57. The number of fused-ring (bicyclic) bond motifs is 1. The Morgan fingerprint density at radius 1 is 1.17 bits per heavy atom. The highest BCUT2D eigenvalue weighted by Gasteiger charge is 2.39. The first-order valence-corrected chi connectivity index (χ1v) is 11.4. The summed E-state index contributed by atoms with van der Waals surface area (Å²) in [6, 6.07) is 10.7. The van der Waals surface area contributed by atoms with Gasteiger partial charge in [0.1, 0.15) is 17.3 Å². The maximum Gasteiger partial charge on any atom is 0.328 e. The second kappa shape index (κ2) is 9.66. The number of halogens is 3. The summed E-state index contributed by atoms with van der Waals surface area (Å²) in [5.74, 6) is -2.83. The summed E-state index contributed by atoms with van der Waals surface area (Å²) in [6.07, 6.45) is 6.00. The highest BCUT2D eigenvalue weighted by molar-refractivity contribution is 5.85. The lowest BCUT2D eigenvalue weighted by molar-refractivity contribution is -0.131. The molecule has 2 atom stereocenters. The summed E-state index contributed by atoms with van der Waals surface area (Å²) in [4.78, 5) is 16.8. The summed E-state index contributed by atoms with van der Waals surface area (Å²) in [7, 11) is 0. The summed E-state index contributed by atoms with van der Waals surface area (Å²) in [5.41, 5.74) is 1.85. The molecule has 0 saturated heterocycles. The third kappa shape index (κ3) is 5.46. The molecule has 0 radical (unpaired) electrons. The lowest BCUT2D eigenvalue weighted by atomic mass is 9.82. The number of hydrogen-bond donors (Lipinski definition) is 1. The van der Waals surface area contributed by atoms with E-state index in [1.807, 2.05) is 37.3 Å². The molecule has 0 bridgehead atoms. The smallest absolute Gasteiger partial charge is 0.328 e. The number of carbonyl (C=O) groups is 1. The number of hydrogen-bond acceptors (Lipinski definition) is 3. The summed E-state index contributed by atoms with van der Waals surface area (Å²) >= 11 is 0. The molecule has 1 aromatic heterocycles. The van der Waals surface area contributed by atoms with Crippen LogP contribution in [0.4, 0.5) is 13.2 Å². The Labute approximate surface area is 202 Å². The molecule has 0 saturated carbocycles. The lowest BCUT2D eigenvalue weighted by Crippen LogP contribution is -2.48. The monoisotopic (exact) mass is 480 g/mol. The van der Waals surface area contributed by atoms with E-state index in [9.17, 15) is 9.18 Å². The average molecular weight is 481 g/mol. The van der Waals surface area contributed by atoms with E-state index in [1.54, 1.807) is 17.3 Å². The minimum absolute atomic E-state index is 0.0117. The van der Waals surface area contributed by atoms with Crippen LogP contribution in [0, 0.1) is 11.6 Å². The molecule has 35 heavy (non-hydrogen) atoms. The number of carboxylic acid groups (broad SMARTS) is 1. The number of rotatable bonds is 6. The minimum atomic E-state index is -1.59. The number of alkyl halides is 1. The molecule has 4 nitrogen and oxygen atoms in total. The van der Waals surface area contributed by atoms with Crippen LogP contribution in [0.2, 0.25) is 0 Å². The highest BCUT2D eigenvalue weighted by Crippen LogP contribution is 2.42. The van der Waals surface area contributed by atoms with Gasteiger partial charge in [-0.3, -0.25) is 9.88 Å². The molecule has 1 aliphatic rings. The number of carboxylic acids is 1. The molecule has 2 unspecified atom stereocenters. The lowest BCUT2D eigenvalue weighted by Gasteiger charge is -2.44. The van der Waals surface area contributed by atoms with Crippen LogP contribution in [0.3, 0.4) is 0 Å². The van der Waals surface area contributed by atoms with Gasteiger partial charge in [-0.2, -0.15) is 0 Å². The Morgan fingerprint density at radius 3 is 2.49 bits per heavy atom. The fraction of sp³-hybridized carbons (Fsp3) is 0.286. The Morgan fingerprint density at radius 2 is 1.89 bits per heavy atom. The minimum Gasteiger partial charge on any atom is -0.478 e. The Hall–Kier alpha value is -3.45. The van der Waals surface area contributed by atoms with Crippen LogP contribution in [0.5, 0.6) is 0 Å². The van der Waals surface area contributed by atoms with Gasteiger partial charge in [0.05, 0.1) is 6.04 Å². The van der Waals surface area contributed by atoms with Crippen molar-refractivity contribution in [1.29, 1.82) is 0 Å². The molecule has 0 amide bonds. The van der Waals surface area contributed by atoms with Crippen molar-refractivity contribution in [3.05, 3.63) is 94.8 Å². The van der Waals surface area contributed by atoms with Gasteiger partial charge in [0.2, 0.25) is 0 Å². The van der Waals surface area contributed by atoms with Gasteiger partial charge in [-0.05, 0) is 79.3 Å². The van der Waals surface area contributed by atoms with Crippen LogP contribution < -0.4 is 0 Å². The third-order valence-corrected chi connectivity index (χ3v) is 6.20. The van der Waals surface area contributed by atoms with Crippen molar-refractivity contribution in [3.8, 4) is 11.1 Å². The molecular weight excluding hydrogens is 453 g/mol. The van der Waals surface area contributed by atoms with E-state index in [1.165, 1.54) is 13.8 Å². The molecule has 1 aliphatic heterocycles. The number of aliphatic carboxylic acids is 1. The Balaban J connectivity index is 1.86. The zero-order valence-electron chi connectivity index (χ0n) is 19.8. The van der Waals surface area contributed by atoms with E-state index < -0.39 is 29.3 Å². The Kier molecular flexibility index (Phi) is 6.81. The van der Waals surface area contributed by atoms with Crippen LogP contribution in [-0.4, -0.2) is 39.2 Å². The summed E-state index contributed by atoms with van der Waals surface area (Å²) in [6.45, 7) is 4.81. The average Bonchev–Trinajstić information content (AvgIpc) is 2.78. The van der Waals surface area contributed by atoms with Gasteiger partial charge < -0.3 is 5.11 Å². The second-order valence-corrected chi connectivity index (χ2v) is 9.57. The zero-order valence-corrected chi connectivity index (χ0v) is 19.8. The van der Waals surface area contributed by atoms with Crippen molar-refractivity contribution in [2.75, 3.05) is 6.54 Å². The number of pyridine rings is 1. The first kappa shape index (κ1) is 24.7. The van der Waals surface area contributed by atoms with E-state index in [-0.39, 0.29) is 23.7 Å². The molecule has 1 N–H and O–H groups in total. The van der Waals surface area contributed by atoms with Crippen molar-refractivity contribution in [3.63, 3.8) is 0 Å². The summed E-state index contributed by atoms with van der Waals surface area (Å²) in [5, 5.41) is 8.84. The van der Waals surface area contributed by atoms with Crippen LogP contribution in [-0.2, 0) is 11.2 Å². The number of benzene rings is 2. The van der Waals surface area contributed by atoms with E-state index >= 15 is 8.78 Å². The van der Waals surface area contributed by atoms with Gasteiger partial charge in [0.25, 0.3) is 0 Å². The van der Waals surface area contributed by atoms with Gasteiger partial charge in [-0.1, -0.05) is 24.3 Å². The van der Waals surface area contributed by atoms with E-state index in [0.29, 0.717) is 12.0 Å². The van der Waals surface area contributed by atoms with Crippen molar-refractivity contribution in [2.45, 2.75) is 44.9 Å². The molecule has 0 fully saturated rings. The van der Waals surface area contributed by atoms with E-state index in [0.717, 1.165) is 41.0 Å². The molecule has 3 aromatic rings. The molecule has 0 aliphatic carbocycles. The van der Waals surface area contributed by atoms with Gasteiger partial charge in [0, 0.05) is 36.6 Å². The van der Waals surface area contributed by atoms with Gasteiger partial charge >= 0.3 is 5.97 Å². The quantitative estimate of drug-likeness (QED) is 0.426. The van der Waals surface area contributed by atoms with Crippen LogP contribution in [0.1, 0.15) is 49.1 Å². The topological polar surface area (TPSA) is 53.4 Å². The highest BCUT2D eigenvalue weighted by atomic mass is 19.1. The number of nitrogens with zero attached hydrogens (tertiary/aromatic N) is 2. The molecule has 0 spiro atoms. The molecule has 182 valence electrons. The molecule has 2 aromatic carbocycles. The Bertz CT molecular complexity index is 1250. The van der Waals surface area contributed by atoms with Crippen LogP contribution in [0.15, 0.2) is 60.9 Å². The maximum absolute atomic E-state index is 15.4. The fourth-order valence-electron chi connectivity index (χ4n) is 4.76. The third-order valence-electron chi connectivity index (χ3n) is 6.20. The molecule has 4 rings (SSSR count). The predicted molar refractivity (Wildman–Crippen MR) is 130 cm³/mol. The van der Waals surface area contributed by atoms with Gasteiger partial charge in [-0.25, -0.2) is 18.0 Å². The van der Waals surface area contributed by atoms with Crippen LogP contribution in [0.25, 0.3) is 17.2 Å². The first-order valence-electron chi connectivity index (χ1n) is 11.4. The van der Waals surface area contributed by atoms with Gasteiger partial charge in [0.15, 0.2) is 0 Å². The largest absolute Gasteiger partial charge is 0.478 e. The summed E-state index contributed by atoms with van der Waals surface area (Å²) < 4.78 is 45.7. The standard InChI is InChI=1S/C28H27F3N2O2/c1-17-11-21-14-19(20-5-4-10-32-15-20)7-8-22(21)27(33(17)16-28(2,3)31)26-23(29)12-18(13-24(26)30)6-9-25(34)35/h4-10,12-15,17,27H,11,16H2,1-3H3,(H,34,35)/b9-6+. The predicted octanol–water partition coefficient (Wildman–Crippen LogP) is 6.21. The van der Waals surface area contributed by atoms with Crippen molar-refractivity contribution in [2.24, 2.45) is 0 Å². The molecule has 2 heterocycles.